The minimum atomic E-state index is 0.860. The van der Waals surface area contributed by atoms with E-state index in [1.165, 1.54) is 27.4 Å². The largest absolute Gasteiger partial charge is 0.341 e. The summed E-state index contributed by atoms with van der Waals surface area (Å²) in [6.45, 7) is 13.9. The minimum absolute atomic E-state index is 0.860. The Labute approximate surface area is 166 Å². The molecule has 0 saturated heterocycles. The van der Waals surface area contributed by atoms with Gasteiger partial charge in [0, 0.05) is 23.2 Å². The summed E-state index contributed by atoms with van der Waals surface area (Å²) >= 11 is 0. The van der Waals surface area contributed by atoms with Crippen LogP contribution in [0.4, 0.5) is 0 Å². The number of unbranched alkanes of at least 4 members (excludes halogenated alkanes) is 1. The maximum atomic E-state index is 2.42. The van der Waals surface area contributed by atoms with Crippen LogP contribution in [0.25, 0.3) is 11.8 Å². The van der Waals surface area contributed by atoms with Crippen LogP contribution in [0.3, 0.4) is 0 Å². The third-order valence-electron chi connectivity index (χ3n) is 4.55. The van der Waals surface area contributed by atoms with Crippen molar-refractivity contribution in [2.75, 3.05) is 6.54 Å². The second kappa shape index (κ2) is 13.0. The van der Waals surface area contributed by atoms with Gasteiger partial charge in [0.2, 0.25) is 0 Å². The summed E-state index contributed by atoms with van der Waals surface area (Å²) < 4.78 is 0. The lowest BCUT2D eigenvalue weighted by molar-refractivity contribution is 0.545. The summed E-state index contributed by atoms with van der Waals surface area (Å²) in [5.74, 6) is 0. The Balaban J connectivity index is 3.47. The van der Waals surface area contributed by atoms with Gasteiger partial charge in [-0.05, 0) is 51.8 Å². The first kappa shape index (κ1) is 22.8. The van der Waals surface area contributed by atoms with Gasteiger partial charge in [-0.25, -0.2) is 0 Å². The average Bonchev–Trinajstić information content (AvgIpc) is 2.68. The minimum Gasteiger partial charge on any atom is -0.341 e. The quantitative estimate of drug-likeness (QED) is 0.480. The molecular formula is C26H37N. The van der Waals surface area contributed by atoms with Gasteiger partial charge in [-0.15, -0.1) is 0 Å². The molecule has 0 aliphatic heterocycles. The highest BCUT2D eigenvalue weighted by atomic mass is 15.1. The van der Waals surface area contributed by atoms with Crippen molar-refractivity contribution in [3.8, 4) is 0 Å². The number of benzene rings is 1. The van der Waals surface area contributed by atoms with Crippen LogP contribution in [0, 0.1) is 0 Å². The van der Waals surface area contributed by atoms with Gasteiger partial charge in [-0.2, -0.15) is 0 Å². The molecule has 0 amide bonds. The normalized spacial score (nSPS) is 15.1. The molecule has 1 aromatic carbocycles. The van der Waals surface area contributed by atoms with E-state index in [1.54, 1.807) is 0 Å². The molecule has 0 spiro atoms. The zero-order valence-electron chi connectivity index (χ0n) is 18.1. The fourth-order valence-electron chi connectivity index (χ4n) is 3.12. The Morgan fingerprint density at radius 1 is 1.00 bits per heavy atom. The standard InChI is InChI=1S/C26H37N/c1-7-11-19-25(16-9-3)27(21-14-17-22(5)15-8-2)23(6)26-20-13-12-18-24(26)10-4/h9-10,12-20H,7-8,11,21H2,1-6H3/b16-9-,17-14-,22-15-,24-10-,25-19+,26-23+. The van der Waals surface area contributed by atoms with Crippen molar-refractivity contribution in [2.24, 2.45) is 0 Å². The van der Waals surface area contributed by atoms with Gasteiger partial charge in [0.25, 0.3) is 0 Å². The molecule has 0 aliphatic rings. The number of hydrogen-bond donors (Lipinski definition) is 0. The van der Waals surface area contributed by atoms with Crippen molar-refractivity contribution in [3.63, 3.8) is 0 Å². The van der Waals surface area contributed by atoms with Crippen molar-refractivity contribution < 1.29 is 0 Å². The molecule has 0 aliphatic carbocycles. The average molecular weight is 364 g/mol. The summed E-state index contributed by atoms with van der Waals surface area (Å²) in [5, 5.41) is 2.57. The second-order valence-electron chi connectivity index (χ2n) is 6.75. The highest BCUT2D eigenvalue weighted by Gasteiger charge is 2.09. The summed E-state index contributed by atoms with van der Waals surface area (Å²) in [7, 11) is 0. The molecular weight excluding hydrogens is 326 g/mol. The van der Waals surface area contributed by atoms with Crippen molar-refractivity contribution >= 4 is 11.8 Å². The second-order valence-corrected chi connectivity index (χ2v) is 6.75. The van der Waals surface area contributed by atoms with E-state index < -0.39 is 0 Å². The number of nitrogens with zero attached hydrogens (tertiary/aromatic N) is 1. The zero-order valence-corrected chi connectivity index (χ0v) is 18.1. The van der Waals surface area contributed by atoms with Crippen molar-refractivity contribution in [3.05, 3.63) is 82.4 Å². The van der Waals surface area contributed by atoms with Crippen molar-refractivity contribution in [2.45, 2.75) is 60.8 Å². The van der Waals surface area contributed by atoms with E-state index in [9.17, 15) is 0 Å². The molecule has 1 heteroatoms. The molecule has 27 heavy (non-hydrogen) atoms. The van der Waals surface area contributed by atoms with Gasteiger partial charge >= 0.3 is 0 Å². The maximum absolute atomic E-state index is 2.42. The van der Waals surface area contributed by atoms with Gasteiger partial charge in [0.05, 0.1) is 0 Å². The molecule has 1 aromatic rings. The highest BCUT2D eigenvalue weighted by molar-refractivity contribution is 5.47. The van der Waals surface area contributed by atoms with E-state index in [2.05, 4.69) is 113 Å². The Morgan fingerprint density at radius 2 is 1.74 bits per heavy atom. The lowest BCUT2D eigenvalue weighted by Gasteiger charge is -2.26. The van der Waals surface area contributed by atoms with Crippen LogP contribution >= 0.6 is 0 Å². The van der Waals surface area contributed by atoms with Gasteiger partial charge in [0.15, 0.2) is 0 Å². The number of rotatable bonds is 9. The summed E-state index contributed by atoms with van der Waals surface area (Å²) in [4.78, 5) is 2.42. The Kier molecular flexibility index (Phi) is 10.9. The van der Waals surface area contributed by atoms with E-state index in [4.69, 9.17) is 0 Å². The molecule has 146 valence electrons. The molecule has 1 rings (SSSR count). The molecule has 1 nitrogen and oxygen atoms in total. The van der Waals surface area contributed by atoms with Crippen LogP contribution < -0.4 is 10.4 Å². The van der Waals surface area contributed by atoms with Gasteiger partial charge in [-0.3, -0.25) is 0 Å². The first-order chi connectivity index (χ1) is 13.1. The van der Waals surface area contributed by atoms with Crippen LogP contribution in [0.1, 0.15) is 60.8 Å². The van der Waals surface area contributed by atoms with Crippen LogP contribution in [0.2, 0.25) is 0 Å². The Bertz CT molecular complexity index is 803. The topological polar surface area (TPSA) is 3.24 Å². The molecule has 0 atom stereocenters. The van der Waals surface area contributed by atoms with E-state index in [0.717, 1.165) is 25.8 Å². The van der Waals surface area contributed by atoms with Crippen molar-refractivity contribution in [1.29, 1.82) is 0 Å². The maximum Gasteiger partial charge on any atom is 0.0411 e. The predicted molar refractivity (Wildman–Crippen MR) is 123 cm³/mol. The lowest BCUT2D eigenvalue weighted by atomic mass is 10.1. The van der Waals surface area contributed by atoms with E-state index in [1.807, 2.05) is 0 Å². The molecule has 0 unspecified atom stereocenters. The fraction of sp³-hybridized carbons (Fsp3) is 0.385. The third kappa shape index (κ3) is 7.46. The summed E-state index contributed by atoms with van der Waals surface area (Å²) in [6, 6.07) is 8.64. The van der Waals surface area contributed by atoms with Gasteiger partial charge < -0.3 is 4.90 Å². The number of hydrogen-bond acceptors (Lipinski definition) is 1. The first-order valence-corrected chi connectivity index (χ1v) is 10.2. The highest BCUT2D eigenvalue weighted by Crippen LogP contribution is 2.16. The SMILES string of the molecule is C/C=C\C(=C/CCC)N(C/C=C\C(C)=C/CC)/C(C)=c1\cccc\c1=C\C. The van der Waals surface area contributed by atoms with Crippen LogP contribution in [-0.4, -0.2) is 11.4 Å². The smallest absolute Gasteiger partial charge is 0.0411 e. The monoisotopic (exact) mass is 363 g/mol. The summed E-state index contributed by atoms with van der Waals surface area (Å²) in [6.07, 6.45) is 19.0. The predicted octanol–water partition coefficient (Wildman–Crippen LogP) is 6.09. The Morgan fingerprint density at radius 3 is 2.37 bits per heavy atom. The first-order valence-electron chi connectivity index (χ1n) is 10.2. The fourth-order valence-corrected chi connectivity index (χ4v) is 3.12. The van der Waals surface area contributed by atoms with Crippen molar-refractivity contribution in [1.82, 2.24) is 4.90 Å². The summed E-state index contributed by atoms with van der Waals surface area (Å²) in [5.41, 5.74) is 3.87. The molecule has 0 heterocycles. The van der Waals surface area contributed by atoms with Crippen LogP contribution in [-0.2, 0) is 0 Å². The third-order valence-corrected chi connectivity index (χ3v) is 4.55. The van der Waals surface area contributed by atoms with E-state index in [0.29, 0.717) is 0 Å². The molecule has 0 saturated carbocycles. The van der Waals surface area contributed by atoms with E-state index in [-0.39, 0.29) is 0 Å². The van der Waals surface area contributed by atoms with Crippen LogP contribution in [0.15, 0.2) is 72.0 Å². The van der Waals surface area contributed by atoms with Gasteiger partial charge in [0.1, 0.15) is 0 Å². The van der Waals surface area contributed by atoms with Gasteiger partial charge in [-0.1, -0.05) is 86.6 Å². The lowest BCUT2D eigenvalue weighted by Crippen LogP contribution is -2.33. The molecule has 0 radical (unpaired) electrons. The van der Waals surface area contributed by atoms with E-state index >= 15 is 0 Å². The molecule has 0 aromatic heterocycles. The molecule has 0 bridgehead atoms. The Hall–Kier alpha value is -2.28. The number of allylic oxidation sites excluding steroid dienone is 6. The van der Waals surface area contributed by atoms with Crippen LogP contribution in [0.5, 0.6) is 0 Å². The molecule has 0 N–H and O–H groups in total. The molecule has 0 fully saturated rings. The zero-order chi connectivity index (χ0) is 20.1.